The lowest BCUT2D eigenvalue weighted by Crippen LogP contribution is -2.32. The number of esters is 2. The van der Waals surface area contributed by atoms with Gasteiger partial charge in [0.05, 0.1) is 5.92 Å². The van der Waals surface area contributed by atoms with Crippen molar-refractivity contribution in [1.82, 2.24) is 0 Å². The van der Waals surface area contributed by atoms with E-state index >= 15 is 0 Å². The fourth-order valence-electron chi connectivity index (χ4n) is 1.79. The van der Waals surface area contributed by atoms with Crippen LogP contribution in [0.4, 0.5) is 5.69 Å². The number of nitrogens with one attached hydrogen (secondary N) is 1. The monoisotopic (exact) mass is 265 g/mol. The number of para-hydroxylation sites is 1. The molecule has 0 saturated carbocycles. The smallest absolute Gasteiger partial charge is 0.336 e. The molecule has 1 N–H and O–H groups in total. The fraction of sp³-hybridized carbons (Fsp3) is 0.385. The van der Waals surface area contributed by atoms with Gasteiger partial charge < -0.3 is 10.1 Å². The molecular weight excluding hydrogens is 250 g/mol. The van der Waals surface area contributed by atoms with Crippen molar-refractivity contribution in [3.63, 3.8) is 0 Å². The Morgan fingerprint density at radius 1 is 1.50 bits per heavy atom. The minimum atomic E-state index is -0.523. The van der Waals surface area contributed by atoms with E-state index in [4.69, 9.17) is 4.74 Å². The second-order valence-electron chi connectivity index (χ2n) is 4.38. The maximum atomic E-state index is 11.8. The van der Waals surface area contributed by atoms with Crippen LogP contribution in [0.15, 0.2) is 24.3 Å². The van der Waals surface area contributed by atoms with Crippen LogP contribution < -0.4 is 5.32 Å². The molecule has 1 unspecified atom stereocenters. The van der Waals surface area contributed by atoms with Crippen molar-refractivity contribution >= 4 is 30.3 Å². The van der Waals surface area contributed by atoms with Gasteiger partial charge >= 0.3 is 11.9 Å². The standard InChI is InChI=1S/C13H15NO3S/c1-8(7-18)12(15)17-13(16)11-6-9-4-2-3-5-10(9)14-11/h2-5,8,11,14,18H,6-7H2,1H3/t8-,11?/m1/s1. The number of thiol groups is 1. The van der Waals surface area contributed by atoms with Gasteiger partial charge in [0.15, 0.2) is 0 Å². The van der Waals surface area contributed by atoms with Gasteiger partial charge in [0.1, 0.15) is 6.04 Å². The van der Waals surface area contributed by atoms with E-state index in [-0.39, 0.29) is 5.92 Å². The van der Waals surface area contributed by atoms with Gasteiger partial charge in [-0.05, 0) is 11.6 Å². The van der Waals surface area contributed by atoms with Gasteiger partial charge in [-0.15, -0.1) is 0 Å². The molecule has 1 heterocycles. The molecule has 1 aliphatic heterocycles. The SMILES string of the molecule is C[C@H](CS)C(=O)OC(=O)C1Cc2ccccc2N1. The summed E-state index contributed by atoms with van der Waals surface area (Å²) < 4.78 is 4.83. The first-order valence-corrected chi connectivity index (χ1v) is 6.46. The first-order valence-electron chi connectivity index (χ1n) is 5.82. The van der Waals surface area contributed by atoms with Gasteiger partial charge in [-0.1, -0.05) is 25.1 Å². The highest BCUT2D eigenvalue weighted by molar-refractivity contribution is 7.80. The van der Waals surface area contributed by atoms with Crippen LogP contribution in [0.3, 0.4) is 0 Å². The molecule has 1 aromatic rings. The van der Waals surface area contributed by atoms with E-state index in [1.54, 1.807) is 6.92 Å². The minimum absolute atomic E-state index is 0.366. The van der Waals surface area contributed by atoms with Gasteiger partial charge in [0.2, 0.25) is 0 Å². The number of fused-ring (bicyclic) bond motifs is 1. The fourth-order valence-corrected chi connectivity index (χ4v) is 1.93. The van der Waals surface area contributed by atoms with Crippen LogP contribution in [-0.4, -0.2) is 23.7 Å². The molecule has 0 bridgehead atoms. The number of ether oxygens (including phenoxy) is 1. The van der Waals surface area contributed by atoms with Crippen molar-refractivity contribution in [3.8, 4) is 0 Å². The van der Waals surface area contributed by atoms with Crippen molar-refractivity contribution in [2.24, 2.45) is 5.92 Å². The third-order valence-corrected chi connectivity index (χ3v) is 3.48. The molecule has 4 nitrogen and oxygen atoms in total. The zero-order valence-corrected chi connectivity index (χ0v) is 10.9. The summed E-state index contributed by atoms with van der Waals surface area (Å²) in [6.07, 6.45) is 0.553. The highest BCUT2D eigenvalue weighted by atomic mass is 32.1. The molecule has 0 fully saturated rings. The van der Waals surface area contributed by atoms with Crippen LogP contribution in [0, 0.1) is 5.92 Å². The lowest BCUT2D eigenvalue weighted by molar-refractivity contribution is -0.162. The van der Waals surface area contributed by atoms with E-state index in [1.807, 2.05) is 24.3 Å². The van der Waals surface area contributed by atoms with E-state index in [0.29, 0.717) is 12.2 Å². The van der Waals surface area contributed by atoms with Crippen LogP contribution in [0.5, 0.6) is 0 Å². The van der Waals surface area contributed by atoms with Crippen LogP contribution in [0.1, 0.15) is 12.5 Å². The Balaban J connectivity index is 1.95. The molecule has 0 saturated heterocycles. The summed E-state index contributed by atoms with van der Waals surface area (Å²) in [5.74, 6) is -1.05. The third-order valence-electron chi connectivity index (χ3n) is 2.93. The molecule has 96 valence electrons. The molecule has 0 amide bonds. The summed E-state index contributed by atoms with van der Waals surface area (Å²) in [4.78, 5) is 23.3. The van der Waals surface area contributed by atoms with Crippen molar-refractivity contribution in [2.45, 2.75) is 19.4 Å². The molecule has 0 spiro atoms. The second-order valence-corrected chi connectivity index (χ2v) is 4.75. The van der Waals surface area contributed by atoms with Gasteiger partial charge in [-0.2, -0.15) is 12.6 Å². The predicted octanol–water partition coefficient (Wildman–Crippen LogP) is 1.66. The molecule has 1 aliphatic rings. The first-order chi connectivity index (χ1) is 8.61. The molecular formula is C13H15NO3S. The predicted molar refractivity (Wildman–Crippen MR) is 71.7 cm³/mol. The summed E-state index contributed by atoms with van der Waals surface area (Å²) in [5, 5.41) is 3.05. The normalized spacial score (nSPS) is 18.7. The molecule has 1 aromatic carbocycles. The van der Waals surface area contributed by atoms with Gasteiger partial charge in [0, 0.05) is 17.9 Å². The second kappa shape index (κ2) is 5.44. The first kappa shape index (κ1) is 13.0. The molecule has 0 aliphatic carbocycles. The molecule has 0 aromatic heterocycles. The molecule has 18 heavy (non-hydrogen) atoms. The number of carbonyl (C=O) groups is 2. The summed E-state index contributed by atoms with van der Waals surface area (Å²) in [6.45, 7) is 1.68. The average molecular weight is 265 g/mol. The van der Waals surface area contributed by atoms with Gasteiger partial charge in [-0.3, -0.25) is 4.79 Å². The van der Waals surface area contributed by atoms with E-state index in [2.05, 4.69) is 17.9 Å². The minimum Gasteiger partial charge on any atom is -0.391 e. The number of anilines is 1. The zero-order valence-electron chi connectivity index (χ0n) is 10.1. The van der Waals surface area contributed by atoms with Crippen LogP contribution in [0.2, 0.25) is 0 Å². The summed E-state index contributed by atoms with van der Waals surface area (Å²) >= 11 is 4.00. The largest absolute Gasteiger partial charge is 0.391 e. The Bertz CT molecular complexity index is 450. The lowest BCUT2D eigenvalue weighted by Gasteiger charge is -2.12. The van der Waals surface area contributed by atoms with Gasteiger partial charge in [0.25, 0.3) is 0 Å². The van der Waals surface area contributed by atoms with Crippen molar-refractivity contribution in [3.05, 3.63) is 29.8 Å². The third kappa shape index (κ3) is 2.67. The topological polar surface area (TPSA) is 55.4 Å². The summed E-state index contributed by atoms with van der Waals surface area (Å²) in [5.41, 5.74) is 1.99. The quantitative estimate of drug-likeness (QED) is 0.496. The number of carbonyl (C=O) groups excluding carboxylic acids is 2. The van der Waals surface area contributed by atoms with Crippen molar-refractivity contribution in [1.29, 1.82) is 0 Å². The maximum Gasteiger partial charge on any atom is 0.336 e. The van der Waals surface area contributed by atoms with E-state index in [1.165, 1.54) is 0 Å². The molecule has 2 rings (SSSR count). The van der Waals surface area contributed by atoms with E-state index in [9.17, 15) is 9.59 Å². The number of hydrogen-bond donors (Lipinski definition) is 2. The molecule has 0 radical (unpaired) electrons. The summed E-state index contributed by atoms with van der Waals surface area (Å²) in [6, 6.07) is 7.20. The lowest BCUT2D eigenvalue weighted by atomic mass is 10.1. The Labute approximate surface area is 111 Å². The highest BCUT2D eigenvalue weighted by Gasteiger charge is 2.30. The Morgan fingerprint density at radius 3 is 2.89 bits per heavy atom. The van der Waals surface area contributed by atoms with E-state index < -0.39 is 18.0 Å². The van der Waals surface area contributed by atoms with Gasteiger partial charge in [-0.25, -0.2) is 4.79 Å². The maximum absolute atomic E-state index is 11.8. The highest BCUT2D eigenvalue weighted by Crippen LogP contribution is 2.25. The van der Waals surface area contributed by atoms with Crippen LogP contribution >= 0.6 is 12.6 Å². The Morgan fingerprint density at radius 2 is 2.22 bits per heavy atom. The molecule has 5 heteroatoms. The zero-order chi connectivity index (χ0) is 13.1. The van der Waals surface area contributed by atoms with Crippen molar-refractivity contribution in [2.75, 3.05) is 11.1 Å². The van der Waals surface area contributed by atoms with E-state index in [0.717, 1.165) is 11.3 Å². The number of rotatable bonds is 3. The Hall–Kier alpha value is -1.49. The van der Waals surface area contributed by atoms with Crippen LogP contribution in [-0.2, 0) is 20.7 Å². The average Bonchev–Trinajstić information content (AvgIpc) is 2.81. The van der Waals surface area contributed by atoms with Crippen LogP contribution in [0.25, 0.3) is 0 Å². The van der Waals surface area contributed by atoms with Crippen molar-refractivity contribution < 1.29 is 14.3 Å². The summed E-state index contributed by atoms with van der Waals surface area (Å²) in [7, 11) is 0. The number of benzene rings is 1. The Kier molecular flexibility index (Phi) is 3.91. The number of hydrogen-bond acceptors (Lipinski definition) is 5. The molecule has 2 atom stereocenters.